The number of carbonyl (C=O) groups excluding carboxylic acids is 2. The molecule has 0 spiro atoms. The molecule has 0 fully saturated rings. The van der Waals surface area contributed by atoms with E-state index < -0.39 is 11.6 Å². The predicted molar refractivity (Wildman–Crippen MR) is 103 cm³/mol. The van der Waals surface area contributed by atoms with Gasteiger partial charge in [0, 0.05) is 23.6 Å². The molecule has 1 aliphatic carbocycles. The summed E-state index contributed by atoms with van der Waals surface area (Å²) in [4.78, 5) is 30.3. The van der Waals surface area contributed by atoms with Crippen LogP contribution < -0.4 is 4.74 Å². The average molecular weight is 360 g/mol. The molecule has 5 nitrogen and oxygen atoms in total. The van der Waals surface area contributed by atoms with Crippen LogP contribution in [0, 0.1) is 0 Å². The molecule has 0 saturated heterocycles. The van der Waals surface area contributed by atoms with Crippen molar-refractivity contribution in [2.75, 3.05) is 7.11 Å². The second-order valence-electron chi connectivity index (χ2n) is 6.96. The van der Waals surface area contributed by atoms with E-state index in [0.29, 0.717) is 23.5 Å². The second kappa shape index (κ2) is 6.50. The van der Waals surface area contributed by atoms with Crippen molar-refractivity contribution in [3.63, 3.8) is 0 Å². The summed E-state index contributed by atoms with van der Waals surface area (Å²) < 4.78 is 7.10. The minimum atomic E-state index is -0.489. The molecule has 3 aromatic rings. The standard InChI is InChI=1S/C22H20N2O3/c1-13(2)22-23-18-16-6-4-5-7-17(16)20(25)21(26)19(18)24(22)12-14-8-10-15(27-3)11-9-14/h4-11,13H,12H2,1-3H3. The van der Waals surface area contributed by atoms with Crippen LogP contribution in [0.5, 0.6) is 5.75 Å². The fraction of sp³-hybridized carbons (Fsp3) is 0.227. The van der Waals surface area contributed by atoms with E-state index in [1.165, 1.54) is 0 Å². The van der Waals surface area contributed by atoms with Gasteiger partial charge in [-0.2, -0.15) is 0 Å². The van der Waals surface area contributed by atoms with Crippen LogP contribution in [-0.2, 0) is 6.54 Å². The molecule has 136 valence electrons. The minimum absolute atomic E-state index is 0.115. The number of imidazole rings is 1. The summed E-state index contributed by atoms with van der Waals surface area (Å²) in [7, 11) is 1.62. The van der Waals surface area contributed by atoms with Crippen molar-refractivity contribution in [3.05, 3.63) is 71.2 Å². The lowest BCUT2D eigenvalue weighted by atomic mass is 9.90. The summed E-state index contributed by atoms with van der Waals surface area (Å²) in [5.41, 5.74) is 3.16. The predicted octanol–water partition coefficient (Wildman–Crippen LogP) is 4.11. The van der Waals surface area contributed by atoms with Crippen molar-refractivity contribution in [2.45, 2.75) is 26.3 Å². The van der Waals surface area contributed by atoms with E-state index in [4.69, 9.17) is 9.72 Å². The molecule has 0 bridgehead atoms. The monoisotopic (exact) mass is 360 g/mol. The summed E-state index contributed by atoms with van der Waals surface area (Å²) in [5, 5.41) is 0. The summed E-state index contributed by atoms with van der Waals surface area (Å²) in [5.74, 6) is 0.731. The maximum Gasteiger partial charge on any atom is 0.252 e. The van der Waals surface area contributed by atoms with Crippen molar-refractivity contribution in [2.24, 2.45) is 0 Å². The zero-order valence-electron chi connectivity index (χ0n) is 15.5. The number of carbonyl (C=O) groups is 2. The number of aromatic nitrogens is 2. The van der Waals surface area contributed by atoms with E-state index in [0.717, 1.165) is 22.7 Å². The number of rotatable bonds is 4. The number of benzene rings is 2. The van der Waals surface area contributed by atoms with Gasteiger partial charge in [-0.15, -0.1) is 0 Å². The van der Waals surface area contributed by atoms with Crippen molar-refractivity contribution < 1.29 is 14.3 Å². The lowest BCUT2D eigenvalue weighted by Crippen LogP contribution is -2.24. The Balaban J connectivity index is 1.89. The molecule has 1 heterocycles. The summed E-state index contributed by atoms with van der Waals surface area (Å²) >= 11 is 0. The summed E-state index contributed by atoms with van der Waals surface area (Å²) in [6.45, 7) is 4.55. The lowest BCUT2D eigenvalue weighted by Gasteiger charge is -2.17. The van der Waals surface area contributed by atoms with Crippen molar-refractivity contribution in [1.29, 1.82) is 0 Å². The number of hydrogen-bond acceptors (Lipinski definition) is 4. The van der Waals surface area contributed by atoms with Crippen molar-refractivity contribution in [3.8, 4) is 17.0 Å². The molecule has 0 saturated carbocycles. The highest BCUT2D eigenvalue weighted by Gasteiger charge is 2.36. The number of methoxy groups -OCH3 is 1. The largest absolute Gasteiger partial charge is 0.497 e. The number of fused-ring (bicyclic) bond motifs is 3. The highest BCUT2D eigenvalue weighted by atomic mass is 16.5. The molecule has 0 radical (unpaired) electrons. The van der Waals surface area contributed by atoms with E-state index in [1.807, 2.05) is 54.8 Å². The highest BCUT2D eigenvalue weighted by Crippen LogP contribution is 2.35. The fourth-order valence-corrected chi connectivity index (χ4v) is 3.52. The Kier molecular flexibility index (Phi) is 4.15. The van der Waals surface area contributed by atoms with E-state index >= 15 is 0 Å². The van der Waals surface area contributed by atoms with Crippen LogP contribution in [-0.4, -0.2) is 28.2 Å². The molecule has 0 atom stereocenters. The van der Waals surface area contributed by atoms with Gasteiger partial charge in [0.05, 0.1) is 7.11 Å². The van der Waals surface area contributed by atoms with Gasteiger partial charge in [0.2, 0.25) is 5.78 Å². The van der Waals surface area contributed by atoms with E-state index in [2.05, 4.69) is 0 Å². The zero-order valence-corrected chi connectivity index (χ0v) is 15.5. The maximum absolute atomic E-state index is 12.9. The van der Waals surface area contributed by atoms with E-state index in [9.17, 15) is 9.59 Å². The molecule has 0 aliphatic heterocycles. The number of Topliss-reactive ketones (excluding diaryl/α,β-unsaturated/α-hetero) is 2. The topological polar surface area (TPSA) is 61.2 Å². The van der Waals surface area contributed by atoms with E-state index in [-0.39, 0.29) is 5.92 Å². The molecule has 5 heteroatoms. The van der Waals surface area contributed by atoms with Gasteiger partial charge in [-0.05, 0) is 17.7 Å². The average Bonchev–Trinajstić information content (AvgIpc) is 3.06. The number of ketones is 2. The first-order valence-corrected chi connectivity index (χ1v) is 8.93. The van der Waals surface area contributed by atoms with Gasteiger partial charge in [-0.3, -0.25) is 9.59 Å². The number of ether oxygens (including phenoxy) is 1. The molecule has 0 amide bonds. The second-order valence-corrected chi connectivity index (χ2v) is 6.96. The van der Waals surface area contributed by atoms with Gasteiger partial charge in [0.25, 0.3) is 5.78 Å². The van der Waals surface area contributed by atoms with Gasteiger partial charge in [-0.25, -0.2) is 4.98 Å². The molecular formula is C22H20N2O3. The molecule has 1 aromatic heterocycles. The Morgan fingerprint density at radius 3 is 2.26 bits per heavy atom. The molecule has 0 unspecified atom stereocenters. The fourth-order valence-electron chi connectivity index (χ4n) is 3.52. The van der Waals surface area contributed by atoms with Gasteiger partial charge in [-0.1, -0.05) is 50.2 Å². The van der Waals surface area contributed by atoms with Crippen LogP contribution in [0.2, 0.25) is 0 Å². The third kappa shape index (κ3) is 2.76. The minimum Gasteiger partial charge on any atom is -0.497 e. The molecular weight excluding hydrogens is 340 g/mol. The molecule has 1 aliphatic rings. The number of hydrogen-bond donors (Lipinski definition) is 0. The van der Waals surface area contributed by atoms with Crippen molar-refractivity contribution in [1.82, 2.24) is 9.55 Å². The van der Waals surface area contributed by atoms with Crippen LogP contribution in [0.1, 0.15) is 52.0 Å². The van der Waals surface area contributed by atoms with Crippen LogP contribution >= 0.6 is 0 Å². The van der Waals surface area contributed by atoms with Crippen LogP contribution in [0.4, 0.5) is 0 Å². The summed E-state index contributed by atoms with van der Waals surface area (Å²) in [6.07, 6.45) is 0. The first-order valence-electron chi connectivity index (χ1n) is 8.93. The third-order valence-corrected chi connectivity index (χ3v) is 4.86. The maximum atomic E-state index is 12.9. The van der Waals surface area contributed by atoms with Gasteiger partial charge in [0.1, 0.15) is 23.0 Å². The smallest absolute Gasteiger partial charge is 0.252 e. The quantitative estimate of drug-likeness (QED) is 0.657. The Bertz CT molecular complexity index is 1050. The van der Waals surface area contributed by atoms with Crippen LogP contribution in [0.3, 0.4) is 0 Å². The highest BCUT2D eigenvalue weighted by molar-refractivity contribution is 6.52. The van der Waals surface area contributed by atoms with E-state index in [1.54, 1.807) is 19.2 Å². The van der Waals surface area contributed by atoms with Gasteiger partial charge >= 0.3 is 0 Å². The third-order valence-electron chi connectivity index (χ3n) is 4.86. The first kappa shape index (κ1) is 17.2. The summed E-state index contributed by atoms with van der Waals surface area (Å²) in [6, 6.07) is 14.9. The Morgan fingerprint density at radius 2 is 1.63 bits per heavy atom. The zero-order chi connectivity index (χ0) is 19.1. The lowest BCUT2D eigenvalue weighted by molar-refractivity contribution is 0.0810. The van der Waals surface area contributed by atoms with Gasteiger partial charge < -0.3 is 9.30 Å². The molecule has 0 N–H and O–H groups in total. The van der Waals surface area contributed by atoms with Crippen molar-refractivity contribution >= 4 is 11.6 Å². The Hall–Kier alpha value is -3.21. The first-order chi connectivity index (χ1) is 13.0. The van der Waals surface area contributed by atoms with Gasteiger partial charge in [0.15, 0.2) is 0 Å². The molecule has 27 heavy (non-hydrogen) atoms. The Morgan fingerprint density at radius 1 is 0.963 bits per heavy atom. The SMILES string of the molecule is COc1ccc(Cn2c(C(C)C)nc3c2C(=O)C(=O)c2ccccc2-3)cc1. The Labute approximate surface area is 157 Å². The van der Waals surface area contributed by atoms with Crippen LogP contribution in [0.25, 0.3) is 11.3 Å². The molecule has 4 rings (SSSR count). The van der Waals surface area contributed by atoms with Crippen LogP contribution in [0.15, 0.2) is 48.5 Å². The number of nitrogens with zero attached hydrogens (tertiary/aromatic N) is 2. The normalized spacial score (nSPS) is 12.9. The molecule has 2 aromatic carbocycles.